The molecule has 10 nitrogen and oxygen atoms in total. The molecule has 0 aliphatic carbocycles. The smallest absolute Gasteiger partial charge is 0.303 e. The number of amides is 2. The first-order chi connectivity index (χ1) is 12.0. The minimum atomic E-state index is -4.47. The minimum Gasteiger partial charge on any atom is -0.481 e. The fourth-order valence-corrected chi connectivity index (χ4v) is 2.51. The molecule has 0 aromatic heterocycles. The van der Waals surface area contributed by atoms with Gasteiger partial charge in [0, 0.05) is 13.0 Å². The molecule has 0 spiro atoms. The van der Waals surface area contributed by atoms with Crippen molar-refractivity contribution in [2.45, 2.75) is 51.5 Å². The van der Waals surface area contributed by atoms with Crippen LogP contribution in [0.1, 0.15) is 45.4 Å². The Labute approximate surface area is 153 Å². The van der Waals surface area contributed by atoms with Gasteiger partial charge in [0.2, 0.25) is 11.8 Å². The molecular formula is C15H27N3O7S. The van der Waals surface area contributed by atoms with Gasteiger partial charge in [-0.15, -0.1) is 0 Å². The van der Waals surface area contributed by atoms with Crippen molar-refractivity contribution in [3.8, 4) is 0 Å². The van der Waals surface area contributed by atoms with Crippen molar-refractivity contribution in [1.29, 1.82) is 0 Å². The largest absolute Gasteiger partial charge is 0.481 e. The normalized spacial score (nSPS) is 12.2. The zero-order valence-electron chi connectivity index (χ0n) is 14.8. The zero-order chi connectivity index (χ0) is 20.2. The molecule has 0 aliphatic heterocycles. The van der Waals surface area contributed by atoms with E-state index >= 15 is 0 Å². The number of carbonyl (C=O) groups is 3. The number of carbonyl (C=O) groups excluding carboxylic acids is 2. The second kappa shape index (κ2) is 12.4. The first-order valence-corrected chi connectivity index (χ1v) is 9.81. The second-order valence-electron chi connectivity index (χ2n) is 5.74. The number of hydrazine groups is 1. The van der Waals surface area contributed by atoms with Crippen molar-refractivity contribution in [2.24, 2.45) is 0 Å². The minimum absolute atomic E-state index is 0.298. The predicted molar refractivity (Wildman–Crippen MR) is 94.6 cm³/mol. The van der Waals surface area contributed by atoms with Crippen LogP contribution in [0.25, 0.3) is 0 Å². The number of allylic oxidation sites excluding steroid dienone is 1. The van der Waals surface area contributed by atoms with E-state index in [1.165, 1.54) is 0 Å². The number of hydrogen-bond acceptors (Lipinski definition) is 6. The number of carboxylic acid groups (broad SMARTS) is 1. The third-order valence-corrected chi connectivity index (χ3v) is 4.16. The van der Waals surface area contributed by atoms with Crippen LogP contribution in [-0.2, 0) is 24.5 Å². The van der Waals surface area contributed by atoms with Gasteiger partial charge in [0.1, 0.15) is 11.8 Å². The molecule has 0 fully saturated rings. The zero-order valence-corrected chi connectivity index (χ0v) is 15.6. The molecule has 5 N–H and O–H groups in total. The van der Waals surface area contributed by atoms with Crippen molar-refractivity contribution in [3.63, 3.8) is 0 Å². The maximum atomic E-state index is 12.0. The fraction of sp³-hybridized carbons (Fsp3) is 0.667. The van der Waals surface area contributed by atoms with E-state index in [1.807, 2.05) is 6.92 Å². The Bertz CT molecular complexity index is 604. The Hall–Kier alpha value is -1.98. The number of rotatable bonds is 14. The summed E-state index contributed by atoms with van der Waals surface area (Å²) in [6.07, 6.45) is 2.44. The van der Waals surface area contributed by atoms with Gasteiger partial charge < -0.3 is 10.4 Å². The van der Waals surface area contributed by atoms with E-state index in [1.54, 1.807) is 0 Å². The quantitative estimate of drug-likeness (QED) is 0.119. The highest BCUT2D eigenvalue weighted by molar-refractivity contribution is 7.85. The van der Waals surface area contributed by atoms with Gasteiger partial charge in [-0.2, -0.15) is 8.42 Å². The third kappa shape index (κ3) is 13.3. The van der Waals surface area contributed by atoms with Crippen molar-refractivity contribution < 1.29 is 32.5 Å². The Kier molecular flexibility index (Phi) is 11.4. The number of hydrogen-bond donors (Lipinski definition) is 5. The van der Waals surface area contributed by atoms with Crippen molar-refractivity contribution in [3.05, 3.63) is 12.2 Å². The molecule has 11 heteroatoms. The fourth-order valence-electron chi connectivity index (χ4n) is 1.86. The van der Waals surface area contributed by atoms with Crippen LogP contribution >= 0.6 is 0 Å². The van der Waals surface area contributed by atoms with Crippen LogP contribution in [0.3, 0.4) is 0 Å². The summed E-state index contributed by atoms with van der Waals surface area (Å²) in [7, 11) is -4.47. The molecule has 150 valence electrons. The van der Waals surface area contributed by atoms with Gasteiger partial charge in [0.15, 0.2) is 0 Å². The Morgan fingerprint density at radius 1 is 1.12 bits per heavy atom. The monoisotopic (exact) mass is 393 g/mol. The Morgan fingerprint density at radius 2 is 1.77 bits per heavy atom. The highest BCUT2D eigenvalue weighted by atomic mass is 32.2. The molecule has 0 saturated heterocycles. The molecule has 0 aromatic carbocycles. The standard InChI is InChI=1S/C15H27N3O7S/c1-3-11(2)6-4-5-9-16-15(22)12(10-26(23,24)25)17-18-13(19)7-8-14(20)21/h12,17H,2-10H2,1H3,(H,16,22)(H,18,19)(H,20,21)(H,23,24,25)/t12-/m0/s1. The van der Waals surface area contributed by atoms with Gasteiger partial charge >= 0.3 is 5.97 Å². The van der Waals surface area contributed by atoms with Crippen LogP contribution in [0, 0.1) is 0 Å². The van der Waals surface area contributed by atoms with Crippen LogP contribution in [0.15, 0.2) is 12.2 Å². The molecule has 1 atom stereocenters. The molecule has 0 heterocycles. The molecule has 2 amide bonds. The lowest BCUT2D eigenvalue weighted by Crippen LogP contribution is -2.54. The highest BCUT2D eigenvalue weighted by Crippen LogP contribution is 2.07. The van der Waals surface area contributed by atoms with E-state index in [0.717, 1.165) is 24.8 Å². The average Bonchev–Trinajstić information content (AvgIpc) is 2.54. The van der Waals surface area contributed by atoms with Crippen LogP contribution in [-0.4, -0.2) is 54.2 Å². The van der Waals surface area contributed by atoms with Gasteiger partial charge in [0.25, 0.3) is 10.1 Å². The molecule has 26 heavy (non-hydrogen) atoms. The molecule has 0 aromatic rings. The van der Waals surface area contributed by atoms with E-state index in [-0.39, 0.29) is 6.42 Å². The van der Waals surface area contributed by atoms with Gasteiger partial charge in [0.05, 0.1) is 6.42 Å². The lowest BCUT2D eigenvalue weighted by atomic mass is 10.1. The van der Waals surface area contributed by atoms with Crippen molar-refractivity contribution >= 4 is 27.9 Å². The summed E-state index contributed by atoms with van der Waals surface area (Å²) in [6, 6.07) is -1.41. The molecule has 0 aliphatic rings. The topological polar surface area (TPSA) is 162 Å². The summed E-state index contributed by atoms with van der Waals surface area (Å²) < 4.78 is 31.0. The van der Waals surface area contributed by atoms with Crippen LogP contribution in [0.5, 0.6) is 0 Å². The SMILES string of the molecule is C=C(CC)CCCCNC(=O)[C@H](CS(=O)(=O)O)NNC(=O)CCC(=O)O. The van der Waals surface area contributed by atoms with Crippen LogP contribution in [0.4, 0.5) is 0 Å². The van der Waals surface area contributed by atoms with Gasteiger partial charge in [-0.05, 0) is 25.7 Å². The summed E-state index contributed by atoms with van der Waals surface area (Å²) in [5.41, 5.74) is 5.38. The number of carboxylic acids is 1. The summed E-state index contributed by atoms with van der Waals surface area (Å²) in [6.45, 7) is 6.17. The van der Waals surface area contributed by atoms with Crippen molar-refractivity contribution in [1.82, 2.24) is 16.2 Å². The summed E-state index contributed by atoms with van der Waals surface area (Å²) in [5.74, 6) is -3.54. The van der Waals surface area contributed by atoms with E-state index in [4.69, 9.17) is 9.66 Å². The molecular weight excluding hydrogens is 366 g/mol. The van der Waals surface area contributed by atoms with E-state index in [0.29, 0.717) is 13.0 Å². The maximum absolute atomic E-state index is 12.0. The molecule has 0 saturated carbocycles. The number of unbranched alkanes of at least 4 members (excludes halogenated alkanes) is 1. The molecule has 0 rings (SSSR count). The summed E-state index contributed by atoms with van der Waals surface area (Å²) in [4.78, 5) is 33.9. The van der Waals surface area contributed by atoms with E-state index < -0.39 is 46.1 Å². The van der Waals surface area contributed by atoms with Gasteiger partial charge in [-0.25, -0.2) is 5.43 Å². The van der Waals surface area contributed by atoms with E-state index in [9.17, 15) is 22.8 Å². The number of aliphatic carboxylic acids is 1. The van der Waals surface area contributed by atoms with Crippen molar-refractivity contribution in [2.75, 3.05) is 12.3 Å². The lowest BCUT2D eigenvalue weighted by Gasteiger charge is -2.17. The molecule has 0 bridgehead atoms. The Balaban J connectivity index is 4.43. The third-order valence-electron chi connectivity index (χ3n) is 3.40. The van der Waals surface area contributed by atoms with Crippen LogP contribution in [0.2, 0.25) is 0 Å². The van der Waals surface area contributed by atoms with Crippen LogP contribution < -0.4 is 16.2 Å². The first kappa shape index (κ1) is 24.0. The summed E-state index contributed by atoms with van der Waals surface area (Å²) >= 11 is 0. The summed E-state index contributed by atoms with van der Waals surface area (Å²) in [5, 5.41) is 11.0. The Morgan fingerprint density at radius 3 is 2.31 bits per heavy atom. The molecule has 0 radical (unpaired) electrons. The average molecular weight is 393 g/mol. The maximum Gasteiger partial charge on any atom is 0.303 e. The second-order valence-corrected chi connectivity index (χ2v) is 7.24. The van der Waals surface area contributed by atoms with E-state index in [2.05, 4.69) is 22.7 Å². The molecule has 0 unspecified atom stereocenters. The first-order valence-electron chi connectivity index (χ1n) is 8.20. The number of nitrogens with one attached hydrogen (secondary N) is 3. The predicted octanol–water partition coefficient (Wildman–Crippen LogP) is -0.0189. The highest BCUT2D eigenvalue weighted by Gasteiger charge is 2.24. The van der Waals surface area contributed by atoms with Gasteiger partial charge in [-0.3, -0.25) is 24.4 Å². The lowest BCUT2D eigenvalue weighted by molar-refractivity contribution is -0.139. The van der Waals surface area contributed by atoms with Gasteiger partial charge in [-0.1, -0.05) is 19.1 Å².